The standard InChI is InChI=1S/C15H17N3O3/c1-15(2,3)13-7-8-14(19)17(16-13)10-11-5-4-6-12(9-11)18(20)21/h4-9H,10H2,1-3H3. The molecule has 1 aromatic carbocycles. The number of hydrogen-bond donors (Lipinski definition) is 0. The van der Waals surface area contributed by atoms with Crippen LogP contribution in [-0.2, 0) is 12.0 Å². The largest absolute Gasteiger partial charge is 0.269 e. The third-order valence-electron chi connectivity index (χ3n) is 3.09. The number of benzene rings is 1. The molecule has 1 aromatic heterocycles. The molecule has 6 heteroatoms. The van der Waals surface area contributed by atoms with Crippen molar-refractivity contribution in [1.29, 1.82) is 0 Å². The summed E-state index contributed by atoms with van der Waals surface area (Å²) in [7, 11) is 0. The molecule has 0 fully saturated rings. The Balaban J connectivity index is 2.37. The molecule has 0 N–H and O–H groups in total. The molecule has 1 heterocycles. The lowest BCUT2D eigenvalue weighted by Gasteiger charge is -2.18. The van der Waals surface area contributed by atoms with E-state index < -0.39 is 4.92 Å². The van der Waals surface area contributed by atoms with Crippen molar-refractivity contribution >= 4 is 5.69 Å². The SMILES string of the molecule is CC(C)(C)c1ccc(=O)n(Cc2cccc([N+](=O)[O-])c2)n1. The molecule has 21 heavy (non-hydrogen) atoms. The van der Waals surface area contributed by atoms with Crippen LogP contribution in [0.3, 0.4) is 0 Å². The minimum atomic E-state index is -0.453. The molecule has 0 aliphatic carbocycles. The zero-order valence-electron chi connectivity index (χ0n) is 12.2. The van der Waals surface area contributed by atoms with Gasteiger partial charge in [0.05, 0.1) is 17.2 Å². The van der Waals surface area contributed by atoms with E-state index in [1.165, 1.54) is 22.9 Å². The first-order chi connectivity index (χ1) is 9.77. The summed E-state index contributed by atoms with van der Waals surface area (Å²) in [6.07, 6.45) is 0. The molecule has 0 bridgehead atoms. The van der Waals surface area contributed by atoms with Gasteiger partial charge in [0.25, 0.3) is 11.2 Å². The van der Waals surface area contributed by atoms with E-state index in [0.29, 0.717) is 5.56 Å². The summed E-state index contributed by atoms with van der Waals surface area (Å²) in [5.41, 5.74) is 1.08. The van der Waals surface area contributed by atoms with E-state index in [2.05, 4.69) is 5.10 Å². The fourth-order valence-corrected chi connectivity index (χ4v) is 1.90. The average molecular weight is 287 g/mol. The fourth-order valence-electron chi connectivity index (χ4n) is 1.90. The number of rotatable bonds is 3. The Morgan fingerprint density at radius 2 is 1.95 bits per heavy atom. The molecular formula is C15H17N3O3. The summed E-state index contributed by atoms with van der Waals surface area (Å²) < 4.78 is 1.33. The van der Waals surface area contributed by atoms with Gasteiger partial charge < -0.3 is 0 Å². The summed E-state index contributed by atoms with van der Waals surface area (Å²) in [6, 6.07) is 9.41. The highest BCUT2D eigenvalue weighted by atomic mass is 16.6. The van der Waals surface area contributed by atoms with Crippen LogP contribution in [0.25, 0.3) is 0 Å². The molecule has 0 atom stereocenters. The summed E-state index contributed by atoms with van der Waals surface area (Å²) in [4.78, 5) is 22.2. The Bertz CT molecular complexity index is 729. The second-order valence-electron chi connectivity index (χ2n) is 5.89. The first-order valence-corrected chi connectivity index (χ1v) is 6.59. The highest BCUT2D eigenvalue weighted by Gasteiger charge is 2.16. The second-order valence-corrected chi connectivity index (χ2v) is 5.89. The molecule has 6 nitrogen and oxygen atoms in total. The summed E-state index contributed by atoms with van der Waals surface area (Å²) in [5.74, 6) is 0. The Kier molecular flexibility index (Phi) is 3.88. The van der Waals surface area contributed by atoms with E-state index in [0.717, 1.165) is 5.69 Å². The Morgan fingerprint density at radius 1 is 1.24 bits per heavy atom. The maximum Gasteiger partial charge on any atom is 0.269 e. The zero-order valence-corrected chi connectivity index (χ0v) is 12.2. The maximum absolute atomic E-state index is 11.9. The van der Waals surface area contributed by atoms with Crippen LogP contribution in [0.1, 0.15) is 32.0 Å². The van der Waals surface area contributed by atoms with Crippen LogP contribution in [0.4, 0.5) is 5.69 Å². The topological polar surface area (TPSA) is 78.0 Å². The van der Waals surface area contributed by atoms with Gasteiger partial charge >= 0.3 is 0 Å². The second kappa shape index (κ2) is 5.47. The van der Waals surface area contributed by atoms with Crippen LogP contribution in [0.15, 0.2) is 41.2 Å². The summed E-state index contributed by atoms with van der Waals surface area (Å²) in [5, 5.41) is 15.1. The van der Waals surface area contributed by atoms with Crippen molar-refractivity contribution in [2.75, 3.05) is 0 Å². The van der Waals surface area contributed by atoms with Crippen molar-refractivity contribution in [3.8, 4) is 0 Å². The number of aromatic nitrogens is 2. The predicted octanol–water partition coefficient (Wildman–Crippen LogP) is 2.50. The zero-order chi connectivity index (χ0) is 15.6. The minimum Gasteiger partial charge on any atom is -0.268 e. The molecule has 0 amide bonds. The Hall–Kier alpha value is -2.50. The molecule has 0 saturated heterocycles. The lowest BCUT2D eigenvalue weighted by atomic mass is 9.92. The first kappa shape index (κ1) is 14.9. The molecule has 0 unspecified atom stereocenters. The van der Waals surface area contributed by atoms with Gasteiger partial charge in [-0.25, -0.2) is 4.68 Å². The molecule has 110 valence electrons. The minimum absolute atomic E-state index is 0.00697. The third-order valence-corrected chi connectivity index (χ3v) is 3.09. The van der Waals surface area contributed by atoms with E-state index in [-0.39, 0.29) is 23.2 Å². The van der Waals surface area contributed by atoms with E-state index in [9.17, 15) is 14.9 Å². The molecular weight excluding hydrogens is 270 g/mol. The quantitative estimate of drug-likeness (QED) is 0.642. The molecule has 2 aromatic rings. The highest BCUT2D eigenvalue weighted by Crippen LogP contribution is 2.18. The first-order valence-electron chi connectivity index (χ1n) is 6.59. The third kappa shape index (κ3) is 3.53. The Morgan fingerprint density at radius 3 is 2.57 bits per heavy atom. The van der Waals surface area contributed by atoms with Crippen LogP contribution in [-0.4, -0.2) is 14.7 Å². The number of hydrogen-bond acceptors (Lipinski definition) is 4. The smallest absolute Gasteiger partial charge is 0.268 e. The van der Waals surface area contributed by atoms with Gasteiger partial charge in [0, 0.05) is 23.6 Å². The average Bonchev–Trinajstić information content (AvgIpc) is 2.40. The molecule has 0 radical (unpaired) electrons. The van der Waals surface area contributed by atoms with Gasteiger partial charge in [-0.05, 0) is 11.6 Å². The van der Waals surface area contributed by atoms with Crippen LogP contribution >= 0.6 is 0 Å². The summed E-state index contributed by atoms with van der Waals surface area (Å²) in [6.45, 7) is 6.25. The predicted molar refractivity (Wildman–Crippen MR) is 79.4 cm³/mol. The van der Waals surface area contributed by atoms with Gasteiger partial charge in [0.1, 0.15) is 0 Å². The molecule has 0 saturated carbocycles. The lowest BCUT2D eigenvalue weighted by Crippen LogP contribution is -2.27. The number of non-ortho nitro benzene ring substituents is 1. The molecule has 0 aliphatic heterocycles. The van der Waals surface area contributed by atoms with Crippen LogP contribution < -0.4 is 5.56 Å². The van der Waals surface area contributed by atoms with Crippen molar-refractivity contribution in [1.82, 2.24) is 9.78 Å². The van der Waals surface area contributed by atoms with Crippen molar-refractivity contribution in [2.45, 2.75) is 32.7 Å². The van der Waals surface area contributed by atoms with Crippen LogP contribution in [0, 0.1) is 10.1 Å². The van der Waals surface area contributed by atoms with E-state index in [4.69, 9.17) is 0 Å². The van der Waals surface area contributed by atoms with Gasteiger partial charge in [0.15, 0.2) is 0 Å². The van der Waals surface area contributed by atoms with Gasteiger partial charge in [0.2, 0.25) is 0 Å². The van der Waals surface area contributed by atoms with Gasteiger partial charge in [-0.1, -0.05) is 32.9 Å². The van der Waals surface area contributed by atoms with E-state index >= 15 is 0 Å². The van der Waals surface area contributed by atoms with Crippen molar-refractivity contribution < 1.29 is 4.92 Å². The summed E-state index contributed by atoms with van der Waals surface area (Å²) >= 11 is 0. The van der Waals surface area contributed by atoms with Crippen molar-refractivity contribution in [3.05, 3.63) is 68.1 Å². The van der Waals surface area contributed by atoms with Crippen molar-refractivity contribution in [2.24, 2.45) is 0 Å². The van der Waals surface area contributed by atoms with E-state index in [1.807, 2.05) is 20.8 Å². The van der Waals surface area contributed by atoms with Crippen molar-refractivity contribution in [3.63, 3.8) is 0 Å². The number of nitro benzene ring substituents is 1. The fraction of sp³-hybridized carbons (Fsp3) is 0.333. The van der Waals surface area contributed by atoms with Gasteiger partial charge in [-0.2, -0.15) is 5.10 Å². The molecule has 0 aliphatic rings. The van der Waals surface area contributed by atoms with Gasteiger partial charge in [-0.3, -0.25) is 14.9 Å². The van der Waals surface area contributed by atoms with Gasteiger partial charge in [-0.15, -0.1) is 0 Å². The maximum atomic E-state index is 11.9. The normalized spacial score (nSPS) is 11.4. The van der Waals surface area contributed by atoms with E-state index in [1.54, 1.807) is 18.2 Å². The molecule has 2 rings (SSSR count). The number of nitro groups is 1. The lowest BCUT2D eigenvalue weighted by molar-refractivity contribution is -0.384. The Labute approximate surface area is 122 Å². The van der Waals surface area contributed by atoms with Crippen LogP contribution in [0.5, 0.6) is 0 Å². The van der Waals surface area contributed by atoms with Crippen LogP contribution in [0.2, 0.25) is 0 Å². The monoisotopic (exact) mass is 287 g/mol. The number of nitrogens with zero attached hydrogens (tertiary/aromatic N) is 3. The molecule has 0 spiro atoms. The highest BCUT2D eigenvalue weighted by molar-refractivity contribution is 5.34.